The van der Waals surface area contributed by atoms with Crippen molar-refractivity contribution in [1.82, 2.24) is 9.66 Å². The van der Waals surface area contributed by atoms with Gasteiger partial charge in [0.25, 0.3) is 5.56 Å². The van der Waals surface area contributed by atoms with Crippen LogP contribution in [-0.2, 0) is 6.61 Å². The highest BCUT2D eigenvalue weighted by atomic mass is 79.9. The van der Waals surface area contributed by atoms with E-state index in [2.05, 4.69) is 61.2 Å². The van der Waals surface area contributed by atoms with E-state index in [1.54, 1.807) is 12.3 Å². The molecule has 0 aliphatic rings. The average molecular weight is 683 g/mol. The van der Waals surface area contributed by atoms with Gasteiger partial charge < -0.3 is 9.47 Å². The molecule has 0 fully saturated rings. The average Bonchev–Trinajstić information content (AvgIpc) is 3.03. The molecule has 0 aliphatic carbocycles. The number of hydrogen-bond acceptors (Lipinski definition) is 5. The maximum absolute atomic E-state index is 13.6. The summed E-state index contributed by atoms with van der Waals surface area (Å²) in [6, 6.07) is 33.1. The van der Waals surface area contributed by atoms with Gasteiger partial charge in [-0.2, -0.15) is 9.78 Å². The molecule has 0 atom stereocenters. The van der Waals surface area contributed by atoms with Crippen LogP contribution in [0, 0.1) is 0 Å². The summed E-state index contributed by atoms with van der Waals surface area (Å²) in [4.78, 5) is 18.4. The van der Waals surface area contributed by atoms with E-state index in [0.29, 0.717) is 55.9 Å². The number of benzene rings is 5. The molecule has 0 saturated heterocycles. The first-order chi connectivity index (χ1) is 20.5. The Kier molecular flexibility index (Phi) is 8.17. The second-order valence-electron chi connectivity index (χ2n) is 9.46. The first-order valence-electron chi connectivity index (χ1n) is 13.4. The third-order valence-electron chi connectivity index (χ3n) is 6.81. The summed E-state index contributed by atoms with van der Waals surface area (Å²) >= 11 is 7.41. The van der Waals surface area contributed by atoms with Crippen LogP contribution in [0.1, 0.15) is 18.1 Å². The Labute approximate surface area is 259 Å². The molecule has 6 rings (SSSR count). The maximum Gasteiger partial charge on any atom is 0.282 e. The number of aromatic nitrogens is 2. The zero-order valence-electron chi connectivity index (χ0n) is 22.6. The topological polar surface area (TPSA) is 65.7 Å². The minimum absolute atomic E-state index is 0.258. The summed E-state index contributed by atoms with van der Waals surface area (Å²) in [5.41, 5.74) is 2.90. The van der Waals surface area contributed by atoms with Gasteiger partial charge in [-0.1, -0.05) is 84.9 Å². The minimum Gasteiger partial charge on any atom is -0.490 e. The van der Waals surface area contributed by atoms with E-state index in [1.165, 1.54) is 4.68 Å². The zero-order chi connectivity index (χ0) is 29.1. The van der Waals surface area contributed by atoms with Crippen molar-refractivity contribution in [3.05, 3.63) is 134 Å². The summed E-state index contributed by atoms with van der Waals surface area (Å²) in [7, 11) is 0. The molecule has 8 heteroatoms. The molecule has 208 valence electrons. The molecule has 0 saturated carbocycles. The molecule has 6 aromatic rings. The van der Waals surface area contributed by atoms with Crippen molar-refractivity contribution < 1.29 is 9.47 Å². The third kappa shape index (κ3) is 5.47. The van der Waals surface area contributed by atoms with Gasteiger partial charge in [0.2, 0.25) is 0 Å². The maximum atomic E-state index is 13.6. The molecule has 1 heterocycles. The van der Waals surface area contributed by atoms with Gasteiger partial charge in [0.05, 0.1) is 28.2 Å². The molecule has 0 spiro atoms. The largest absolute Gasteiger partial charge is 0.490 e. The summed E-state index contributed by atoms with van der Waals surface area (Å²) in [5, 5.41) is 7.42. The first-order valence-corrected chi connectivity index (χ1v) is 15.0. The van der Waals surface area contributed by atoms with Crippen LogP contribution in [0.25, 0.3) is 33.1 Å². The molecule has 6 nitrogen and oxygen atoms in total. The van der Waals surface area contributed by atoms with E-state index in [1.807, 2.05) is 79.7 Å². The smallest absolute Gasteiger partial charge is 0.282 e. The van der Waals surface area contributed by atoms with Gasteiger partial charge >= 0.3 is 0 Å². The fourth-order valence-corrected chi connectivity index (χ4v) is 5.72. The van der Waals surface area contributed by atoms with Gasteiger partial charge in [-0.05, 0) is 73.3 Å². The zero-order valence-corrected chi connectivity index (χ0v) is 25.8. The second-order valence-corrected chi connectivity index (χ2v) is 11.0. The molecule has 0 radical (unpaired) electrons. The summed E-state index contributed by atoms with van der Waals surface area (Å²) < 4.78 is 15.1. The SMILES string of the molecule is CCOc1cc(C=Nn2c(-c3ccccc3)nc3ccccc3c2=O)c(Br)c(Br)c1OCc1cccc2ccccc12. The van der Waals surface area contributed by atoms with E-state index in [0.717, 1.165) is 21.9 Å². The van der Waals surface area contributed by atoms with Gasteiger partial charge in [-0.25, -0.2) is 4.98 Å². The summed E-state index contributed by atoms with van der Waals surface area (Å²) in [5.74, 6) is 1.58. The lowest BCUT2D eigenvalue weighted by Gasteiger charge is -2.17. The number of nitrogens with zero attached hydrogens (tertiary/aromatic N) is 3. The number of ether oxygens (including phenoxy) is 2. The van der Waals surface area contributed by atoms with Crippen molar-refractivity contribution in [2.75, 3.05) is 6.61 Å². The lowest BCUT2D eigenvalue weighted by atomic mass is 10.1. The third-order valence-corrected chi connectivity index (χ3v) is 8.95. The Morgan fingerprint density at radius 1 is 0.833 bits per heavy atom. The van der Waals surface area contributed by atoms with Crippen LogP contribution in [0.4, 0.5) is 0 Å². The summed E-state index contributed by atoms with van der Waals surface area (Å²) in [6.45, 7) is 2.73. The molecule has 0 unspecified atom stereocenters. The van der Waals surface area contributed by atoms with Crippen molar-refractivity contribution >= 4 is 59.7 Å². The highest BCUT2D eigenvalue weighted by molar-refractivity contribution is 9.13. The van der Waals surface area contributed by atoms with Crippen LogP contribution in [0.2, 0.25) is 0 Å². The van der Waals surface area contributed by atoms with Crippen molar-refractivity contribution in [1.29, 1.82) is 0 Å². The monoisotopic (exact) mass is 681 g/mol. The predicted octanol–water partition coefficient (Wildman–Crippen LogP) is 8.60. The molecular weight excluding hydrogens is 658 g/mol. The van der Waals surface area contributed by atoms with Gasteiger partial charge in [-0.15, -0.1) is 0 Å². The van der Waals surface area contributed by atoms with E-state index in [4.69, 9.17) is 14.5 Å². The predicted molar refractivity (Wildman–Crippen MR) is 176 cm³/mol. The Morgan fingerprint density at radius 2 is 1.55 bits per heavy atom. The van der Waals surface area contributed by atoms with Crippen LogP contribution in [0.3, 0.4) is 0 Å². The second kappa shape index (κ2) is 12.3. The fourth-order valence-electron chi connectivity index (χ4n) is 4.79. The molecule has 0 N–H and O–H groups in total. The standard InChI is InChI=1S/C34H25Br2N3O3/c1-2-41-29-19-25(30(35)31(36)32(29)42-21-24-15-10-14-22-11-6-7-16-26(22)24)20-37-39-33(23-12-4-3-5-13-23)38-28-18-9-8-17-27(28)34(39)40/h3-20H,2,21H2,1H3. The molecule has 0 bridgehead atoms. The molecule has 5 aromatic carbocycles. The van der Waals surface area contributed by atoms with Crippen molar-refractivity contribution in [3.8, 4) is 22.9 Å². The van der Waals surface area contributed by atoms with Crippen LogP contribution >= 0.6 is 31.9 Å². The van der Waals surface area contributed by atoms with Crippen LogP contribution in [0.5, 0.6) is 11.5 Å². The van der Waals surface area contributed by atoms with Gasteiger partial charge in [-0.3, -0.25) is 4.79 Å². The molecule has 1 aromatic heterocycles. The minimum atomic E-state index is -0.258. The highest BCUT2D eigenvalue weighted by Crippen LogP contribution is 2.43. The Morgan fingerprint density at radius 3 is 2.36 bits per heavy atom. The first kappa shape index (κ1) is 27.9. The Hall–Kier alpha value is -4.27. The van der Waals surface area contributed by atoms with Crippen molar-refractivity contribution in [3.63, 3.8) is 0 Å². The molecule has 42 heavy (non-hydrogen) atoms. The lowest BCUT2D eigenvalue weighted by Crippen LogP contribution is -2.20. The number of para-hydroxylation sites is 1. The number of hydrogen-bond donors (Lipinski definition) is 0. The van der Waals surface area contributed by atoms with E-state index >= 15 is 0 Å². The van der Waals surface area contributed by atoms with Crippen molar-refractivity contribution in [2.45, 2.75) is 13.5 Å². The number of halogens is 2. The number of fused-ring (bicyclic) bond motifs is 2. The van der Waals surface area contributed by atoms with Crippen molar-refractivity contribution in [2.24, 2.45) is 5.10 Å². The van der Waals surface area contributed by atoms with Crippen LogP contribution in [0.15, 0.2) is 122 Å². The molecular formula is C34H25Br2N3O3. The van der Waals surface area contributed by atoms with Gasteiger partial charge in [0.15, 0.2) is 17.3 Å². The lowest BCUT2D eigenvalue weighted by molar-refractivity contribution is 0.268. The summed E-state index contributed by atoms with van der Waals surface area (Å²) in [6.07, 6.45) is 1.62. The van der Waals surface area contributed by atoms with Crippen LogP contribution < -0.4 is 15.0 Å². The molecule has 0 amide bonds. The number of rotatable bonds is 8. The normalized spacial score (nSPS) is 11.4. The van der Waals surface area contributed by atoms with Gasteiger partial charge in [0, 0.05) is 15.6 Å². The van der Waals surface area contributed by atoms with Gasteiger partial charge in [0.1, 0.15) is 6.61 Å². The quantitative estimate of drug-likeness (QED) is 0.151. The van der Waals surface area contributed by atoms with Crippen LogP contribution in [-0.4, -0.2) is 22.5 Å². The molecule has 0 aliphatic heterocycles. The van der Waals surface area contributed by atoms with E-state index in [9.17, 15) is 4.79 Å². The Bertz CT molecular complexity index is 2000. The van der Waals surface area contributed by atoms with E-state index in [-0.39, 0.29) is 5.56 Å². The highest BCUT2D eigenvalue weighted by Gasteiger charge is 2.18. The fraction of sp³-hybridized carbons (Fsp3) is 0.0882. The van der Waals surface area contributed by atoms with E-state index < -0.39 is 0 Å². The Balaban J connectivity index is 1.40.